The number of amides is 2. The number of aromatic nitrogens is 4. The molecule has 0 aliphatic carbocycles. The summed E-state index contributed by atoms with van der Waals surface area (Å²) in [4.78, 5) is 46.7. The van der Waals surface area contributed by atoms with Gasteiger partial charge >= 0.3 is 0 Å². The standard InChI is InChI=1S/C60H70Cl4N8O12/c1-71-33-47(45-27-43(61)29-51(63)49(45)35-71)39-5-3-7-41(25-39)53-31-55(69-37-67-53)83-23-21-81-19-17-79-15-13-77-11-9-65-59(75)57(73)58(74)60(76)66-10-12-78-14-16-80-18-20-82-22-24-84-56-32-54(68-38-70-56)42-8-4-6-40(26-42)48-34-72(2)36-50-46(48)28-44(62)30-52(50)64/h3-8,25-32,37-38,47-48,57-58,73-74H,9-24,33-36H2,1-2H3,(H,65,75)(H,66,76)/t47-,48-,57+,58+/m0/s1. The van der Waals surface area contributed by atoms with Crippen LogP contribution in [0.1, 0.15) is 45.2 Å². The number of carbonyl (C=O) groups excluding carboxylic acids is 2. The van der Waals surface area contributed by atoms with Crippen molar-refractivity contribution >= 4 is 58.2 Å². The van der Waals surface area contributed by atoms with Gasteiger partial charge < -0.3 is 68.5 Å². The van der Waals surface area contributed by atoms with Crippen LogP contribution >= 0.6 is 46.4 Å². The van der Waals surface area contributed by atoms with Crippen molar-refractivity contribution in [3.05, 3.63) is 151 Å². The Hall–Kier alpha value is -5.66. The first-order chi connectivity index (χ1) is 40.8. The summed E-state index contributed by atoms with van der Waals surface area (Å²) >= 11 is 26.0. The molecule has 2 aliphatic heterocycles. The molecule has 0 saturated carbocycles. The lowest BCUT2D eigenvalue weighted by molar-refractivity contribution is -0.146. The summed E-state index contributed by atoms with van der Waals surface area (Å²) < 4.78 is 45.0. The van der Waals surface area contributed by atoms with Crippen LogP contribution in [0.5, 0.6) is 11.8 Å². The molecule has 4 atom stereocenters. The molecule has 4 heterocycles. The third-order valence-electron chi connectivity index (χ3n) is 13.8. The van der Waals surface area contributed by atoms with Crippen molar-refractivity contribution in [3.8, 4) is 34.3 Å². The monoisotopic (exact) mass is 1230 g/mol. The molecule has 4 N–H and O–H groups in total. The van der Waals surface area contributed by atoms with Crippen LogP contribution < -0.4 is 20.1 Å². The van der Waals surface area contributed by atoms with Crippen molar-refractivity contribution < 1.29 is 57.7 Å². The minimum absolute atomic E-state index is 0.0364. The molecule has 24 heteroatoms. The maximum Gasteiger partial charge on any atom is 0.252 e. The van der Waals surface area contributed by atoms with Gasteiger partial charge in [0, 0.05) is 94.5 Å². The molecular formula is C60H70Cl4N8O12. The van der Waals surface area contributed by atoms with Crippen molar-refractivity contribution in [2.75, 3.05) is 133 Å². The predicted octanol–water partition coefficient (Wildman–Crippen LogP) is 6.88. The molecule has 0 spiro atoms. The van der Waals surface area contributed by atoms with Crippen molar-refractivity contribution in [3.63, 3.8) is 0 Å². The molecule has 2 amide bonds. The van der Waals surface area contributed by atoms with E-state index in [-0.39, 0.29) is 77.8 Å². The molecule has 84 heavy (non-hydrogen) atoms. The highest BCUT2D eigenvalue weighted by Crippen LogP contribution is 2.41. The molecule has 20 nitrogen and oxygen atoms in total. The number of carbonyl (C=O) groups is 2. The molecule has 4 aromatic carbocycles. The Morgan fingerprint density at radius 1 is 0.512 bits per heavy atom. The number of aliphatic hydroxyl groups excluding tert-OH is 2. The average Bonchev–Trinajstić information content (AvgIpc) is 3.69. The second kappa shape index (κ2) is 33.3. The van der Waals surface area contributed by atoms with E-state index in [4.69, 9.17) is 84.3 Å². The van der Waals surface area contributed by atoms with Crippen LogP contribution in [0.15, 0.2) is 97.6 Å². The number of nitrogens with one attached hydrogen (secondary N) is 2. The number of fused-ring (bicyclic) bond motifs is 2. The van der Waals surface area contributed by atoms with Crippen molar-refractivity contribution in [2.45, 2.75) is 37.1 Å². The average molecular weight is 1240 g/mol. The Morgan fingerprint density at radius 3 is 1.27 bits per heavy atom. The van der Waals surface area contributed by atoms with E-state index in [0.29, 0.717) is 71.5 Å². The van der Waals surface area contributed by atoms with Crippen LogP contribution in [-0.4, -0.2) is 197 Å². The Morgan fingerprint density at radius 2 is 0.881 bits per heavy atom. The third kappa shape index (κ3) is 19.2. The molecule has 2 aromatic heterocycles. The van der Waals surface area contributed by atoms with E-state index < -0.39 is 24.0 Å². The van der Waals surface area contributed by atoms with Gasteiger partial charge in [-0.2, -0.15) is 0 Å². The molecule has 2 aliphatic rings. The number of halogens is 4. The molecule has 8 rings (SSSR count). The fourth-order valence-corrected chi connectivity index (χ4v) is 10.9. The summed E-state index contributed by atoms with van der Waals surface area (Å²) in [5.41, 5.74) is 10.0. The van der Waals surface area contributed by atoms with Crippen LogP contribution in [0.3, 0.4) is 0 Å². The van der Waals surface area contributed by atoms with Gasteiger partial charge in [-0.15, -0.1) is 0 Å². The zero-order valence-electron chi connectivity index (χ0n) is 46.9. The number of benzene rings is 4. The number of hydrogen-bond acceptors (Lipinski definition) is 18. The third-order valence-corrected chi connectivity index (χ3v) is 14.9. The maximum absolute atomic E-state index is 12.3. The fourth-order valence-electron chi connectivity index (χ4n) is 9.73. The van der Waals surface area contributed by atoms with Gasteiger partial charge in [0.1, 0.15) is 25.9 Å². The highest BCUT2D eigenvalue weighted by molar-refractivity contribution is 6.35. The topological polar surface area (TPSA) is 231 Å². The Balaban J connectivity index is 0.588. The van der Waals surface area contributed by atoms with E-state index in [9.17, 15) is 19.8 Å². The first kappa shape index (κ1) is 64.3. The lowest BCUT2D eigenvalue weighted by atomic mass is 9.84. The normalized spacial score (nSPS) is 15.9. The van der Waals surface area contributed by atoms with Gasteiger partial charge in [0.15, 0.2) is 12.2 Å². The summed E-state index contributed by atoms with van der Waals surface area (Å²) in [5, 5.41) is 27.9. The van der Waals surface area contributed by atoms with E-state index in [0.717, 1.165) is 82.1 Å². The first-order valence-corrected chi connectivity index (χ1v) is 29.1. The van der Waals surface area contributed by atoms with Gasteiger partial charge in [-0.05, 0) is 83.9 Å². The Kier molecular flexibility index (Phi) is 25.5. The number of likely N-dealkylation sites (N-methyl/N-ethyl adjacent to an activating group) is 2. The smallest absolute Gasteiger partial charge is 0.252 e. The predicted molar refractivity (Wildman–Crippen MR) is 318 cm³/mol. The van der Waals surface area contributed by atoms with E-state index in [1.54, 1.807) is 24.3 Å². The quantitative estimate of drug-likeness (QED) is 0.0308. The lowest BCUT2D eigenvalue weighted by Gasteiger charge is -2.33. The Labute approximate surface area is 508 Å². The van der Waals surface area contributed by atoms with Gasteiger partial charge in [-0.3, -0.25) is 9.59 Å². The van der Waals surface area contributed by atoms with E-state index >= 15 is 0 Å². The van der Waals surface area contributed by atoms with Crippen LogP contribution in [-0.2, 0) is 51.1 Å². The number of ether oxygens (including phenoxy) is 8. The number of aliphatic hydroxyl groups is 2. The highest BCUT2D eigenvalue weighted by Gasteiger charge is 2.31. The fraction of sp³-hybridized carbons (Fsp3) is 0.433. The van der Waals surface area contributed by atoms with Gasteiger partial charge in [-0.25, -0.2) is 19.9 Å². The van der Waals surface area contributed by atoms with E-state index in [1.165, 1.54) is 12.7 Å². The van der Waals surface area contributed by atoms with Crippen LogP contribution in [0.4, 0.5) is 0 Å². The zero-order chi connectivity index (χ0) is 59.2. The van der Waals surface area contributed by atoms with E-state index in [1.807, 2.05) is 36.4 Å². The zero-order valence-corrected chi connectivity index (χ0v) is 49.9. The molecule has 0 saturated heterocycles. The van der Waals surface area contributed by atoms with Crippen LogP contribution in [0, 0.1) is 0 Å². The van der Waals surface area contributed by atoms with Gasteiger partial charge in [0.2, 0.25) is 11.8 Å². The van der Waals surface area contributed by atoms with Crippen LogP contribution in [0.2, 0.25) is 20.1 Å². The molecule has 0 unspecified atom stereocenters. The van der Waals surface area contributed by atoms with Gasteiger partial charge in [0.05, 0.1) is 90.7 Å². The highest BCUT2D eigenvalue weighted by atomic mass is 35.5. The summed E-state index contributed by atoms with van der Waals surface area (Å²) in [6.07, 6.45) is -1.01. The van der Waals surface area contributed by atoms with Crippen molar-refractivity contribution in [2.24, 2.45) is 0 Å². The number of rotatable bonds is 33. The molecule has 0 bridgehead atoms. The SMILES string of the molecule is CN1Cc2c(Cl)cc(Cl)cc2[C@H](c2cccc(-c3cc(OCCOCCOCCOCCNC(=O)[C@H](O)[C@@H](O)C(=O)NCCOCCOCCOCCOc4cc(-c5cccc([C@@H]6CN(C)Cc7c(Cl)cc(Cl)cc76)c5)ncn4)ncn3)c2)C1. The number of hydrogen-bond donors (Lipinski definition) is 4. The van der Waals surface area contributed by atoms with E-state index in [2.05, 4.69) is 78.7 Å². The molecular weight excluding hydrogens is 1170 g/mol. The number of nitrogens with zero attached hydrogens (tertiary/aromatic N) is 6. The second-order valence-electron chi connectivity index (χ2n) is 20.0. The lowest BCUT2D eigenvalue weighted by Crippen LogP contribution is -2.50. The Bertz CT molecular complexity index is 2900. The van der Waals surface area contributed by atoms with Crippen molar-refractivity contribution in [1.82, 2.24) is 40.4 Å². The van der Waals surface area contributed by atoms with Crippen molar-refractivity contribution in [1.29, 1.82) is 0 Å². The molecule has 450 valence electrons. The largest absolute Gasteiger partial charge is 0.475 e. The molecule has 0 radical (unpaired) electrons. The summed E-state index contributed by atoms with van der Waals surface area (Å²) in [5.74, 6) is -0.807. The molecule has 0 fully saturated rings. The minimum Gasteiger partial charge on any atom is -0.475 e. The maximum atomic E-state index is 12.3. The second-order valence-corrected chi connectivity index (χ2v) is 21.7. The minimum atomic E-state index is -1.98. The summed E-state index contributed by atoms with van der Waals surface area (Å²) in [6, 6.07) is 27.8. The van der Waals surface area contributed by atoms with Crippen LogP contribution in [0.25, 0.3) is 22.5 Å². The van der Waals surface area contributed by atoms with Gasteiger partial charge in [0.25, 0.3) is 11.8 Å². The van der Waals surface area contributed by atoms with Gasteiger partial charge in [-0.1, -0.05) is 82.8 Å². The summed E-state index contributed by atoms with van der Waals surface area (Å²) in [7, 11) is 4.17. The summed E-state index contributed by atoms with van der Waals surface area (Å²) in [6.45, 7) is 7.03. The first-order valence-electron chi connectivity index (χ1n) is 27.6. The molecule has 6 aromatic rings.